The molecule has 1 heterocycles. The topological polar surface area (TPSA) is 128 Å². The van der Waals surface area contributed by atoms with Gasteiger partial charge in [-0.2, -0.15) is 0 Å². The number of nitro benzene ring substituents is 1. The van der Waals surface area contributed by atoms with Gasteiger partial charge < -0.3 is 19.7 Å². The maximum atomic E-state index is 14.0. The first-order chi connectivity index (χ1) is 15.2. The molecule has 1 saturated heterocycles. The van der Waals surface area contributed by atoms with E-state index in [0.717, 1.165) is 6.07 Å². The van der Waals surface area contributed by atoms with Crippen molar-refractivity contribution < 1.29 is 33.2 Å². The molecule has 2 atom stereocenters. The summed E-state index contributed by atoms with van der Waals surface area (Å²) < 4.78 is 24.3. The van der Waals surface area contributed by atoms with Crippen molar-refractivity contribution in [1.82, 2.24) is 0 Å². The first-order valence-electron chi connectivity index (χ1n) is 9.60. The average Bonchev–Trinajstić information content (AvgIpc) is 3.15. The van der Waals surface area contributed by atoms with Crippen LogP contribution in [-0.4, -0.2) is 42.5 Å². The van der Waals surface area contributed by atoms with Gasteiger partial charge in [0.1, 0.15) is 11.6 Å². The number of benzene rings is 2. The van der Waals surface area contributed by atoms with Crippen LogP contribution < -0.4 is 15.0 Å². The summed E-state index contributed by atoms with van der Waals surface area (Å²) in [4.78, 5) is 48.7. The number of hydrogen-bond donors (Lipinski definition) is 1. The van der Waals surface area contributed by atoms with Crippen molar-refractivity contribution in [1.29, 1.82) is 0 Å². The average molecular weight is 445 g/mol. The van der Waals surface area contributed by atoms with Gasteiger partial charge in [-0.25, -0.2) is 4.39 Å². The largest absolute Gasteiger partial charge is 0.495 e. The van der Waals surface area contributed by atoms with Crippen LogP contribution >= 0.6 is 0 Å². The molecule has 2 aromatic rings. The van der Waals surface area contributed by atoms with Crippen LogP contribution in [0.5, 0.6) is 5.75 Å². The van der Waals surface area contributed by atoms with E-state index in [0.29, 0.717) is 0 Å². The van der Waals surface area contributed by atoms with Crippen LogP contribution in [0.3, 0.4) is 0 Å². The number of carbonyl (C=O) groups is 3. The standard InChI is InChI=1S/C21H20FN3O7/c1-12(20(27)23-16-10-14(25(29)30)7-8-18(16)31-2)32-21(28)13-9-19(26)24(11-13)17-6-4-3-5-15(17)22/h3-8,10,12-13H,9,11H2,1-2H3,(H,23,27). The van der Waals surface area contributed by atoms with Crippen molar-refractivity contribution in [3.63, 3.8) is 0 Å². The number of nitro groups is 1. The van der Waals surface area contributed by atoms with Gasteiger partial charge in [0.05, 0.1) is 29.3 Å². The number of nitrogens with zero attached hydrogens (tertiary/aromatic N) is 2. The number of rotatable bonds is 7. The van der Waals surface area contributed by atoms with Gasteiger partial charge in [0.15, 0.2) is 6.10 Å². The molecule has 3 rings (SSSR count). The second-order valence-corrected chi connectivity index (χ2v) is 7.07. The Balaban J connectivity index is 1.64. The van der Waals surface area contributed by atoms with Gasteiger partial charge in [0, 0.05) is 25.1 Å². The molecule has 0 spiro atoms. The molecule has 2 aromatic carbocycles. The molecule has 0 aromatic heterocycles. The van der Waals surface area contributed by atoms with Gasteiger partial charge in [0.2, 0.25) is 5.91 Å². The molecule has 168 valence electrons. The van der Waals surface area contributed by atoms with Crippen LogP contribution in [0.25, 0.3) is 0 Å². The number of carbonyl (C=O) groups excluding carboxylic acids is 3. The Hall–Kier alpha value is -4.02. The highest BCUT2D eigenvalue weighted by molar-refractivity contribution is 6.00. The molecule has 0 bridgehead atoms. The highest BCUT2D eigenvalue weighted by atomic mass is 19.1. The summed E-state index contributed by atoms with van der Waals surface area (Å²) in [7, 11) is 1.33. The number of halogens is 1. The molecule has 1 N–H and O–H groups in total. The Kier molecular flexibility index (Phi) is 6.67. The van der Waals surface area contributed by atoms with Gasteiger partial charge in [-0.3, -0.25) is 24.5 Å². The van der Waals surface area contributed by atoms with Crippen molar-refractivity contribution in [2.24, 2.45) is 5.92 Å². The lowest BCUT2D eigenvalue weighted by Crippen LogP contribution is -2.33. The number of ether oxygens (including phenoxy) is 2. The second-order valence-electron chi connectivity index (χ2n) is 7.07. The van der Waals surface area contributed by atoms with Crippen molar-refractivity contribution in [3.05, 3.63) is 58.4 Å². The van der Waals surface area contributed by atoms with Crippen LogP contribution in [0.2, 0.25) is 0 Å². The summed E-state index contributed by atoms with van der Waals surface area (Å²) in [6, 6.07) is 9.37. The van der Waals surface area contributed by atoms with Crippen LogP contribution in [0.15, 0.2) is 42.5 Å². The predicted molar refractivity (Wildman–Crippen MR) is 111 cm³/mol. The van der Waals surface area contributed by atoms with Gasteiger partial charge in [0.25, 0.3) is 11.6 Å². The van der Waals surface area contributed by atoms with E-state index in [4.69, 9.17) is 9.47 Å². The number of non-ortho nitro benzene ring substituents is 1. The smallest absolute Gasteiger partial charge is 0.312 e. The quantitative estimate of drug-likeness (QED) is 0.394. The molecule has 1 aliphatic heterocycles. The number of para-hydroxylation sites is 1. The predicted octanol–water partition coefficient (Wildman–Crippen LogP) is 2.67. The molecule has 0 aliphatic carbocycles. The van der Waals surface area contributed by atoms with E-state index in [9.17, 15) is 28.9 Å². The third-order valence-electron chi connectivity index (χ3n) is 4.92. The summed E-state index contributed by atoms with van der Waals surface area (Å²) in [5, 5.41) is 13.4. The molecular weight excluding hydrogens is 425 g/mol. The highest BCUT2D eigenvalue weighted by Crippen LogP contribution is 2.30. The van der Waals surface area contributed by atoms with E-state index < -0.39 is 40.5 Å². The van der Waals surface area contributed by atoms with Gasteiger partial charge in [-0.15, -0.1) is 0 Å². The zero-order chi connectivity index (χ0) is 23.4. The molecule has 1 aliphatic rings. The Morgan fingerprint density at radius 1 is 1.28 bits per heavy atom. The third kappa shape index (κ3) is 4.82. The Morgan fingerprint density at radius 2 is 2.00 bits per heavy atom. The number of amides is 2. The summed E-state index contributed by atoms with van der Waals surface area (Å²) in [6.45, 7) is 1.24. The fourth-order valence-corrected chi connectivity index (χ4v) is 3.23. The molecule has 0 saturated carbocycles. The molecular formula is C21H20FN3O7. The third-order valence-corrected chi connectivity index (χ3v) is 4.92. The maximum Gasteiger partial charge on any atom is 0.312 e. The molecule has 10 nitrogen and oxygen atoms in total. The number of esters is 1. The van der Waals surface area contributed by atoms with Crippen LogP contribution in [0, 0.1) is 21.8 Å². The van der Waals surface area contributed by atoms with E-state index in [1.54, 1.807) is 6.07 Å². The lowest BCUT2D eigenvalue weighted by molar-refractivity contribution is -0.384. The molecule has 11 heteroatoms. The van der Waals surface area contributed by atoms with E-state index in [-0.39, 0.29) is 35.8 Å². The van der Waals surface area contributed by atoms with Gasteiger partial charge in [-0.1, -0.05) is 12.1 Å². The highest BCUT2D eigenvalue weighted by Gasteiger charge is 2.38. The number of hydrogen-bond acceptors (Lipinski definition) is 7. The lowest BCUT2D eigenvalue weighted by atomic mass is 10.1. The van der Waals surface area contributed by atoms with Crippen molar-refractivity contribution in [3.8, 4) is 5.75 Å². The van der Waals surface area contributed by atoms with Gasteiger partial charge >= 0.3 is 5.97 Å². The van der Waals surface area contributed by atoms with E-state index in [1.165, 1.54) is 49.3 Å². The van der Waals surface area contributed by atoms with Crippen molar-refractivity contribution in [2.45, 2.75) is 19.4 Å². The minimum atomic E-state index is -1.26. The van der Waals surface area contributed by atoms with E-state index in [2.05, 4.69) is 5.32 Å². The minimum Gasteiger partial charge on any atom is -0.495 e. The molecule has 2 unspecified atom stereocenters. The Labute approximate surface area is 182 Å². The number of nitrogens with one attached hydrogen (secondary N) is 1. The SMILES string of the molecule is COc1ccc([N+](=O)[O-])cc1NC(=O)C(C)OC(=O)C1CC(=O)N(c2ccccc2F)C1. The van der Waals surface area contributed by atoms with Gasteiger partial charge in [-0.05, 0) is 25.1 Å². The molecule has 2 amide bonds. The van der Waals surface area contributed by atoms with Crippen molar-refractivity contribution in [2.75, 3.05) is 23.9 Å². The fourth-order valence-electron chi connectivity index (χ4n) is 3.23. The zero-order valence-electron chi connectivity index (χ0n) is 17.2. The fraction of sp³-hybridized carbons (Fsp3) is 0.286. The number of methoxy groups -OCH3 is 1. The Morgan fingerprint density at radius 3 is 2.66 bits per heavy atom. The summed E-state index contributed by atoms with van der Waals surface area (Å²) in [6.07, 6.45) is -1.44. The maximum absolute atomic E-state index is 14.0. The minimum absolute atomic E-state index is 0.0383. The number of anilines is 2. The summed E-state index contributed by atoms with van der Waals surface area (Å²) >= 11 is 0. The zero-order valence-corrected chi connectivity index (χ0v) is 17.2. The molecule has 32 heavy (non-hydrogen) atoms. The van der Waals surface area contributed by atoms with Crippen LogP contribution in [0.1, 0.15) is 13.3 Å². The lowest BCUT2D eigenvalue weighted by Gasteiger charge is -2.18. The first-order valence-corrected chi connectivity index (χ1v) is 9.60. The first kappa shape index (κ1) is 22.7. The molecule has 0 radical (unpaired) electrons. The van der Waals surface area contributed by atoms with Crippen molar-refractivity contribution >= 4 is 34.8 Å². The molecule has 1 fully saturated rings. The summed E-state index contributed by atoms with van der Waals surface area (Å²) in [5.41, 5.74) is -0.156. The van der Waals surface area contributed by atoms with E-state index in [1.807, 2.05) is 0 Å². The van der Waals surface area contributed by atoms with Crippen LogP contribution in [-0.2, 0) is 19.1 Å². The second kappa shape index (κ2) is 9.41. The van der Waals surface area contributed by atoms with Crippen LogP contribution in [0.4, 0.5) is 21.5 Å². The normalized spacial score (nSPS) is 16.4. The Bertz CT molecular complexity index is 1080. The summed E-state index contributed by atoms with van der Waals surface area (Å²) in [5.74, 6) is -3.24. The monoisotopic (exact) mass is 445 g/mol. The van der Waals surface area contributed by atoms with E-state index >= 15 is 0 Å².